The minimum atomic E-state index is -4.86. The van der Waals surface area contributed by atoms with Crippen LogP contribution in [0.15, 0.2) is 0 Å². The molecule has 2 atom stereocenters. The number of halogens is 3. The van der Waals surface area contributed by atoms with Gasteiger partial charge in [0.25, 0.3) is 5.85 Å². The van der Waals surface area contributed by atoms with E-state index in [1.54, 1.807) is 0 Å². The molecule has 13 heavy (non-hydrogen) atoms. The van der Waals surface area contributed by atoms with Crippen LogP contribution in [0.25, 0.3) is 0 Å². The van der Waals surface area contributed by atoms with Gasteiger partial charge in [0, 0.05) is 14.0 Å². The smallest absolute Gasteiger partial charge is 0.434 e. The molecule has 0 saturated heterocycles. The Balaban J connectivity index is 4.56. The third-order valence-electron chi connectivity index (χ3n) is 0.996. The standard InChI is InChI=1S/C5H8F3O4P/c1-3(9)12-4(5(6,7)8)13(10)11-2/h4,13H,1-2H3. The van der Waals surface area contributed by atoms with Gasteiger partial charge >= 0.3 is 12.1 Å². The molecular formula is C5H8F3O4P. The van der Waals surface area contributed by atoms with Crippen LogP contribution < -0.4 is 0 Å². The van der Waals surface area contributed by atoms with Crippen molar-refractivity contribution in [1.29, 1.82) is 0 Å². The highest BCUT2D eigenvalue weighted by Crippen LogP contribution is 2.40. The summed E-state index contributed by atoms with van der Waals surface area (Å²) in [4.78, 5) is 10.2. The van der Waals surface area contributed by atoms with Crippen LogP contribution in [0.3, 0.4) is 0 Å². The highest BCUT2D eigenvalue weighted by Gasteiger charge is 2.47. The highest BCUT2D eigenvalue weighted by atomic mass is 31.1. The molecule has 0 saturated carbocycles. The van der Waals surface area contributed by atoms with Crippen LogP contribution >= 0.6 is 8.03 Å². The van der Waals surface area contributed by atoms with Gasteiger partial charge in [-0.05, 0) is 0 Å². The summed E-state index contributed by atoms with van der Waals surface area (Å²) in [5, 5.41) is 0. The van der Waals surface area contributed by atoms with Crippen LogP contribution in [0, 0.1) is 0 Å². The average molecular weight is 220 g/mol. The van der Waals surface area contributed by atoms with Crippen molar-refractivity contribution >= 4 is 14.0 Å². The number of esters is 1. The van der Waals surface area contributed by atoms with Gasteiger partial charge in [0.2, 0.25) is 8.03 Å². The van der Waals surface area contributed by atoms with Gasteiger partial charge < -0.3 is 9.26 Å². The summed E-state index contributed by atoms with van der Waals surface area (Å²) in [6.45, 7) is 0.795. The maximum Gasteiger partial charge on any atom is 0.434 e. The number of ether oxygens (including phenoxy) is 1. The Morgan fingerprint density at radius 1 is 1.46 bits per heavy atom. The van der Waals surface area contributed by atoms with Gasteiger partial charge in [-0.2, -0.15) is 13.2 Å². The first-order valence-corrected chi connectivity index (χ1v) is 4.50. The molecule has 2 unspecified atom stereocenters. The summed E-state index contributed by atoms with van der Waals surface area (Å²) in [5.74, 6) is -3.81. The molecule has 0 aliphatic heterocycles. The molecule has 0 aliphatic rings. The minimum absolute atomic E-state index is 0.795. The first kappa shape index (κ1) is 12.4. The predicted octanol–water partition coefficient (Wildman–Crippen LogP) is 1.56. The van der Waals surface area contributed by atoms with E-state index in [4.69, 9.17) is 0 Å². The van der Waals surface area contributed by atoms with E-state index in [9.17, 15) is 22.5 Å². The Morgan fingerprint density at radius 3 is 2.15 bits per heavy atom. The van der Waals surface area contributed by atoms with Crippen LogP contribution in [0.2, 0.25) is 0 Å². The molecule has 78 valence electrons. The molecule has 0 spiro atoms. The molecule has 0 heterocycles. The van der Waals surface area contributed by atoms with Crippen molar-refractivity contribution in [2.45, 2.75) is 18.9 Å². The number of rotatable bonds is 3. The van der Waals surface area contributed by atoms with Gasteiger partial charge in [0.1, 0.15) is 0 Å². The SMILES string of the molecule is CO[PH](=O)C(OC(C)=O)C(F)(F)F. The lowest BCUT2D eigenvalue weighted by Crippen LogP contribution is -2.30. The zero-order valence-corrected chi connectivity index (χ0v) is 7.84. The van der Waals surface area contributed by atoms with Crippen LogP contribution in [0.5, 0.6) is 0 Å². The lowest BCUT2D eigenvalue weighted by Gasteiger charge is -2.18. The Labute approximate surface area is 72.9 Å². The second kappa shape index (κ2) is 4.62. The van der Waals surface area contributed by atoms with Gasteiger partial charge in [0.15, 0.2) is 0 Å². The quantitative estimate of drug-likeness (QED) is 0.535. The van der Waals surface area contributed by atoms with Gasteiger partial charge in [-0.25, -0.2) is 0 Å². The Morgan fingerprint density at radius 2 is 1.92 bits per heavy atom. The highest BCUT2D eigenvalue weighted by molar-refractivity contribution is 7.39. The average Bonchev–Trinajstić information content (AvgIpc) is 1.96. The molecule has 4 nitrogen and oxygen atoms in total. The van der Waals surface area contributed by atoms with Crippen LogP contribution in [0.4, 0.5) is 13.2 Å². The van der Waals surface area contributed by atoms with Crippen LogP contribution in [0.1, 0.15) is 6.92 Å². The molecule has 0 aromatic rings. The largest absolute Gasteiger partial charge is 0.443 e. The van der Waals surface area contributed by atoms with E-state index in [-0.39, 0.29) is 0 Å². The zero-order chi connectivity index (χ0) is 10.6. The third-order valence-corrected chi connectivity index (χ3v) is 2.27. The Kier molecular flexibility index (Phi) is 4.43. The Bertz CT molecular complexity index is 214. The molecular weight excluding hydrogens is 212 g/mol. The van der Waals surface area contributed by atoms with Crippen molar-refractivity contribution in [2.24, 2.45) is 0 Å². The lowest BCUT2D eigenvalue weighted by molar-refractivity contribution is -0.198. The number of alkyl halides is 3. The van der Waals surface area contributed by atoms with Gasteiger partial charge in [0.05, 0.1) is 0 Å². The first-order chi connectivity index (χ1) is 5.79. The van der Waals surface area contributed by atoms with Gasteiger partial charge in [-0.3, -0.25) is 9.36 Å². The van der Waals surface area contributed by atoms with Crippen molar-refractivity contribution in [3.8, 4) is 0 Å². The van der Waals surface area contributed by atoms with Crippen LogP contribution in [-0.4, -0.2) is 25.1 Å². The van der Waals surface area contributed by atoms with E-state index in [1.165, 1.54) is 0 Å². The molecule has 0 N–H and O–H groups in total. The maximum atomic E-state index is 12.0. The lowest BCUT2D eigenvalue weighted by atomic mass is 10.7. The fourth-order valence-corrected chi connectivity index (χ4v) is 1.27. The molecule has 0 aliphatic carbocycles. The maximum absolute atomic E-state index is 12.0. The zero-order valence-electron chi connectivity index (χ0n) is 6.84. The summed E-state index contributed by atoms with van der Waals surface area (Å²) in [6, 6.07) is 0. The fourth-order valence-electron chi connectivity index (χ4n) is 0.522. The number of carbonyl (C=O) groups excluding carboxylic acids is 1. The summed E-state index contributed by atoms with van der Waals surface area (Å²) >= 11 is 0. The molecule has 0 bridgehead atoms. The van der Waals surface area contributed by atoms with Crippen molar-refractivity contribution in [2.75, 3.05) is 7.11 Å². The van der Waals surface area contributed by atoms with Crippen molar-refractivity contribution in [3.63, 3.8) is 0 Å². The van der Waals surface area contributed by atoms with E-state index < -0.39 is 26.0 Å². The fraction of sp³-hybridized carbons (Fsp3) is 0.800. The molecule has 8 heteroatoms. The topological polar surface area (TPSA) is 52.6 Å². The summed E-state index contributed by atoms with van der Waals surface area (Å²) in [6.07, 6.45) is -4.86. The molecule has 0 amide bonds. The monoisotopic (exact) mass is 220 g/mol. The number of hydrogen-bond donors (Lipinski definition) is 0. The molecule has 0 rings (SSSR count). The van der Waals surface area contributed by atoms with E-state index in [0.717, 1.165) is 14.0 Å². The van der Waals surface area contributed by atoms with E-state index in [1.807, 2.05) is 0 Å². The molecule has 0 radical (unpaired) electrons. The molecule has 0 aromatic carbocycles. The van der Waals surface area contributed by atoms with E-state index >= 15 is 0 Å². The van der Waals surface area contributed by atoms with E-state index in [2.05, 4.69) is 9.26 Å². The Hall–Kier alpha value is -0.550. The second-order valence-electron chi connectivity index (χ2n) is 2.05. The predicted molar refractivity (Wildman–Crippen MR) is 37.6 cm³/mol. The van der Waals surface area contributed by atoms with Gasteiger partial charge in [-0.15, -0.1) is 0 Å². The molecule has 0 aromatic heterocycles. The van der Waals surface area contributed by atoms with Crippen LogP contribution in [-0.2, 0) is 18.6 Å². The minimum Gasteiger partial charge on any atom is -0.443 e. The summed E-state index contributed by atoms with van der Waals surface area (Å²) < 4.78 is 54.4. The summed E-state index contributed by atoms with van der Waals surface area (Å²) in [7, 11) is -2.59. The van der Waals surface area contributed by atoms with Gasteiger partial charge in [-0.1, -0.05) is 0 Å². The number of hydrogen-bond acceptors (Lipinski definition) is 4. The third kappa shape index (κ3) is 4.28. The van der Waals surface area contributed by atoms with Crippen molar-refractivity contribution < 1.29 is 31.8 Å². The van der Waals surface area contributed by atoms with Crippen molar-refractivity contribution in [3.05, 3.63) is 0 Å². The first-order valence-electron chi connectivity index (χ1n) is 3.10. The van der Waals surface area contributed by atoms with E-state index in [0.29, 0.717) is 0 Å². The normalized spacial score (nSPS) is 16.4. The van der Waals surface area contributed by atoms with Crippen molar-refractivity contribution in [1.82, 2.24) is 0 Å². The number of carbonyl (C=O) groups is 1. The summed E-state index contributed by atoms with van der Waals surface area (Å²) in [5.41, 5.74) is 0. The second-order valence-corrected chi connectivity index (χ2v) is 3.62. The molecule has 0 fully saturated rings.